The second kappa shape index (κ2) is 7.51. The summed E-state index contributed by atoms with van der Waals surface area (Å²) < 4.78 is 12.9. The molecule has 6 nitrogen and oxygen atoms in total. The van der Waals surface area contributed by atoms with Crippen molar-refractivity contribution in [3.63, 3.8) is 0 Å². The van der Waals surface area contributed by atoms with Crippen molar-refractivity contribution in [2.45, 2.75) is 19.8 Å². The number of hydrogen-bond acceptors (Lipinski definition) is 5. The number of aromatic nitrogens is 1. The van der Waals surface area contributed by atoms with Crippen molar-refractivity contribution in [2.24, 2.45) is 5.41 Å². The van der Waals surface area contributed by atoms with E-state index in [0.29, 0.717) is 31.1 Å². The van der Waals surface area contributed by atoms with E-state index in [1.807, 2.05) is 4.90 Å². The van der Waals surface area contributed by atoms with E-state index in [0.717, 1.165) is 10.4 Å². The number of carboxylic acids is 1. The fourth-order valence-electron chi connectivity index (χ4n) is 2.98. The van der Waals surface area contributed by atoms with Crippen LogP contribution in [0.5, 0.6) is 0 Å². The van der Waals surface area contributed by atoms with Gasteiger partial charge in [0.2, 0.25) is 5.91 Å². The zero-order valence-corrected chi connectivity index (χ0v) is 15.2. The Morgan fingerprint density at radius 2 is 2.12 bits per heavy atom. The predicted octanol–water partition coefficient (Wildman–Crippen LogP) is 2.61. The molecule has 138 valence electrons. The molecule has 1 aliphatic rings. The third-order valence-corrected chi connectivity index (χ3v) is 5.44. The molecular formula is C18H20FN3O3S. The maximum atomic E-state index is 12.9. The molecule has 0 radical (unpaired) electrons. The van der Waals surface area contributed by atoms with E-state index < -0.39 is 11.4 Å². The molecule has 3 rings (SSSR count). The molecule has 2 N–H and O–H groups in total. The normalized spacial score (nSPS) is 20.2. The van der Waals surface area contributed by atoms with Crippen molar-refractivity contribution in [2.75, 3.05) is 25.0 Å². The minimum Gasteiger partial charge on any atom is -0.481 e. The van der Waals surface area contributed by atoms with Crippen molar-refractivity contribution < 1.29 is 19.1 Å². The Bertz CT molecular complexity index is 808. The van der Waals surface area contributed by atoms with Gasteiger partial charge in [-0.05, 0) is 37.6 Å². The van der Waals surface area contributed by atoms with E-state index in [-0.39, 0.29) is 18.3 Å². The van der Waals surface area contributed by atoms with E-state index in [9.17, 15) is 19.1 Å². The Kier molecular flexibility index (Phi) is 5.33. The summed E-state index contributed by atoms with van der Waals surface area (Å²) in [6, 6.07) is 6.28. The van der Waals surface area contributed by atoms with Gasteiger partial charge in [-0.1, -0.05) is 12.1 Å². The highest BCUT2D eigenvalue weighted by Crippen LogP contribution is 2.30. The molecule has 0 bridgehead atoms. The molecule has 1 saturated heterocycles. The van der Waals surface area contributed by atoms with Gasteiger partial charge in [-0.25, -0.2) is 9.37 Å². The summed E-state index contributed by atoms with van der Waals surface area (Å²) in [5, 5.41) is 12.5. The quantitative estimate of drug-likeness (QED) is 0.809. The molecule has 1 unspecified atom stereocenters. The molecule has 2 heterocycles. The summed E-state index contributed by atoms with van der Waals surface area (Å²) >= 11 is 1.37. The highest BCUT2D eigenvalue weighted by molar-refractivity contribution is 7.15. The van der Waals surface area contributed by atoms with Gasteiger partial charge in [-0.15, -0.1) is 11.3 Å². The highest BCUT2D eigenvalue weighted by atomic mass is 32.1. The third kappa shape index (κ3) is 4.44. The van der Waals surface area contributed by atoms with Crippen molar-refractivity contribution in [3.05, 3.63) is 46.7 Å². The van der Waals surface area contributed by atoms with E-state index in [4.69, 9.17) is 0 Å². The van der Waals surface area contributed by atoms with Gasteiger partial charge in [0, 0.05) is 24.0 Å². The van der Waals surface area contributed by atoms with Crippen molar-refractivity contribution in [1.29, 1.82) is 0 Å². The number of amides is 1. The first-order chi connectivity index (χ1) is 12.3. The van der Waals surface area contributed by atoms with Crippen LogP contribution in [-0.4, -0.2) is 46.5 Å². The van der Waals surface area contributed by atoms with Crippen LogP contribution in [0.4, 0.5) is 9.52 Å². The first kappa shape index (κ1) is 18.5. The highest BCUT2D eigenvalue weighted by Gasteiger charge is 2.40. The maximum absolute atomic E-state index is 12.9. The first-order valence-electron chi connectivity index (χ1n) is 8.29. The lowest BCUT2D eigenvalue weighted by Gasteiger charge is -2.19. The summed E-state index contributed by atoms with van der Waals surface area (Å²) in [6.45, 7) is 2.80. The number of benzene rings is 1. The van der Waals surface area contributed by atoms with Crippen molar-refractivity contribution in [1.82, 2.24) is 9.88 Å². The van der Waals surface area contributed by atoms with E-state index in [1.54, 1.807) is 25.3 Å². The van der Waals surface area contributed by atoms with Gasteiger partial charge in [0.1, 0.15) is 5.82 Å². The molecule has 0 saturated carbocycles. The number of nitrogens with one attached hydrogen (secondary N) is 1. The van der Waals surface area contributed by atoms with Crippen molar-refractivity contribution in [3.8, 4) is 0 Å². The van der Waals surface area contributed by atoms with Gasteiger partial charge < -0.3 is 10.4 Å². The zero-order valence-electron chi connectivity index (χ0n) is 14.4. The van der Waals surface area contributed by atoms with Crippen LogP contribution in [0.3, 0.4) is 0 Å². The van der Waals surface area contributed by atoms with Crippen LogP contribution in [0.25, 0.3) is 0 Å². The second-order valence-electron chi connectivity index (χ2n) is 6.81. The van der Waals surface area contributed by atoms with Crippen LogP contribution in [0.1, 0.15) is 23.8 Å². The number of anilines is 1. The van der Waals surface area contributed by atoms with Gasteiger partial charge in [0.15, 0.2) is 5.13 Å². The summed E-state index contributed by atoms with van der Waals surface area (Å²) in [4.78, 5) is 30.4. The van der Waals surface area contributed by atoms with E-state index in [1.165, 1.54) is 23.5 Å². The number of carbonyl (C=O) groups is 2. The molecule has 0 spiro atoms. The van der Waals surface area contributed by atoms with Gasteiger partial charge in [0.05, 0.1) is 12.0 Å². The summed E-state index contributed by atoms with van der Waals surface area (Å²) in [5.41, 5.74) is 0.182. The fraction of sp³-hybridized carbons (Fsp3) is 0.389. The molecule has 1 aromatic heterocycles. The third-order valence-electron chi connectivity index (χ3n) is 4.53. The number of rotatable bonds is 6. The van der Waals surface area contributed by atoms with Crippen LogP contribution < -0.4 is 5.32 Å². The summed E-state index contributed by atoms with van der Waals surface area (Å²) in [7, 11) is 0. The van der Waals surface area contributed by atoms with Crippen LogP contribution in [-0.2, 0) is 16.0 Å². The summed E-state index contributed by atoms with van der Waals surface area (Å²) in [6.07, 6.45) is 2.85. The maximum Gasteiger partial charge on any atom is 0.310 e. The smallest absolute Gasteiger partial charge is 0.310 e. The second-order valence-corrected chi connectivity index (χ2v) is 7.92. The minimum absolute atomic E-state index is 0.149. The number of likely N-dealkylation sites (tertiary alicyclic amines) is 1. The Hall–Kier alpha value is -2.32. The van der Waals surface area contributed by atoms with Crippen LogP contribution in [0, 0.1) is 11.2 Å². The zero-order chi connectivity index (χ0) is 18.7. The van der Waals surface area contributed by atoms with Crippen LogP contribution in [0.15, 0.2) is 30.5 Å². The lowest BCUT2D eigenvalue weighted by molar-refractivity contribution is -0.147. The van der Waals surface area contributed by atoms with Crippen LogP contribution >= 0.6 is 11.3 Å². The largest absolute Gasteiger partial charge is 0.481 e. The minimum atomic E-state index is -0.828. The van der Waals surface area contributed by atoms with Gasteiger partial charge >= 0.3 is 5.97 Å². The number of aliphatic carboxylic acids is 1. The van der Waals surface area contributed by atoms with Gasteiger partial charge in [0.25, 0.3) is 0 Å². The van der Waals surface area contributed by atoms with E-state index in [2.05, 4.69) is 10.3 Å². The number of carbonyl (C=O) groups excluding carboxylic acids is 1. The Labute approximate surface area is 154 Å². The first-order valence-corrected chi connectivity index (χ1v) is 9.10. The number of nitrogens with zero attached hydrogens (tertiary/aromatic N) is 2. The monoisotopic (exact) mass is 377 g/mol. The van der Waals surface area contributed by atoms with Crippen LogP contribution in [0.2, 0.25) is 0 Å². The fourth-order valence-corrected chi connectivity index (χ4v) is 3.84. The lowest BCUT2D eigenvalue weighted by Crippen LogP contribution is -2.35. The molecule has 1 aliphatic heterocycles. The topological polar surface area (TPSA) is 82.5 Å². The number of hydrogen-bond donors (Lipinski definition) is 2. The molecule has 0 aliphatic carbocycles. The van der Waals surface area contributed by atoms with Crippen molar-refractivity contribution >= 4 is 28.3 Å². The molecule has 1 atom stereocenters. The average Bonchev–Trinajstić information content (AvgIpc) is 3.17. The molecule has 1 amide bonds. The predicted molar refractivity (Wildman–Crippen MR) is 96.7 cm³/mol. The standard InChI is InChI=1S/C18H20FN3O3S/c1-18(16(24)25)6-7-22(11-18)10-15(23)21-17-20-9-14(26-17)8-12-2-4-13(19)5-3-12/h2-5,9H,6-8,10-11H2,1H3,(H,24,25)(H,20,21,23). The Balaban J connectivity index is 1.52. The Morgan fingerprint density at radius 3 is 2.77 bits per heavy atom. The molecule has 1 aromatic carbocycles. The average molecular weight is 377 g/mol. The number of thiazole rings is 1. The molecule has 8 heteroatoms. The lowest BCUT2D eigenvalue weighted by atomic mass is 9.90. The van der Waals surface area contributed by atoms with E-state index >= 15 is 0 Å². The molecule has 26 heavy (non-hydrogen) atoms. The molecule has 2 aromatic rings. The summed E-state index contributed by atoms with van der Waals surface area (Å²) in [5.74, 6) is -1.31. The SMILES string of the molecule is CC1(C(=O)O)CCN(CC(=O)Nc2ncc(Cc3ccc(F)cc3)s2)C1. The number of carboxylic acid groups (broad SMARTS) is 1. The van der Waals surface area contributed by atoms with Gasteiger partial charge in [-0.3, -0.25) is 14.5 Å². The van der Waals surface area contributed by atoms with Gasteiger partial charge in [-0.2, -0.15) is 0 Å². The molecule has 1 fully saturated rings. The Morgan fingerprint density at radius 1 is 1.38 bits per heavy atom. The molecular weight excluding hydrogens is 357 g/mol. The number of halogens is 1.